The topological polar surface area (TPSA) is 18.5 Å². The molecule has 12 heavy (non-hydrogen) atoms. The van der Waals surface area contributed by atoms with Gasteiger partial charge in [0.1, 0.15) is 0 Å². The zero-order valence-electron chi connectivity index (χ0n) is 7.17. The lowest BCUT2D eigenvalue weighted by atomic mass is 10.2. The lowest BCUT2D eigenvalue weighted by Crippen LogP contribution is -2.26. The van der Waals surface area contributed by atoms with Crippen LogP contribution in [-0.4, -0.2) is 18.5 Å². The normalized spacial score (nSPS) is 26.1. The first-order chi connectivity index (χ1) is 5.76. The lowest BCUT2D eigenvalue weighted by Gasteiger charge is -2.14. The van der Waals surface area contributed by atoms with Gasteiger partial charge in [-0.2, -0.15) is 0 Å². The first-order valence-corrected chi connectivity index (χ1v) is 4.03. The Hall–Kier alpha value is -0.960. The van der Waals surface area contributed by atoms with Crippen LogP contribution in [0.1, 0.15) is 19.8 Å². The van der Waals surface area contributed by atoms with Gasteiger partial charge in [0.25, 0.3) is 0 Å². The minimum Gasteiger partial charge on any atom is -0.327 e. The first-order valence-electron chi connectivity index (χ1n) is 4.03. The Bertz CT molecular complexity index is 217. The van der Waals surface area contributed by atoms with Crippen LogP contribution >= 0.6 is 0 Å². The summed E-state index contributed by atoms with van der Waals surface area (Å²) in [7, 11) is 0. The fourth-order valence-corrected chi connectivity index (χ4v) is 1.17. The molecular formula is C10H12O2. The molecule has 1 saturated heterocycles. The summed E-state index contributed by atoms with van der Waals surface area (Å²) < 4.78 is 10.6. The van der Waals surface area contributed by atoms with Gasteiger partial charge in [-0.15, -0.1) is 12.8 Å². The minimum atomic E-state index is -1.19. The van der Waals surface area contributed by atoms with E-state index in [1.54, 1.807) is 0 Å². The smallest absolute Gasteiger partial charge is 0.300 e. The SMILES string of the molecule is C#CC1(C#C)OCC(CCC)O1. The lowest BCUT2D eigenvalue weighted by molar-refractivity contribution is -0.0733. The van der Waals surface area contributed by atoms with E-state index in [4.69, 9.17) is 22.3 Å². The molecule has 1 rings (SSSR count). The molecule has 0 aromatic rings. The Labute approximate surface area is 73.2 Å². The highest BCUT2D eigenvalue weighted by Gasteiger charge is 2.37. The predicted molar refractivity (Wildman–Crippen MR) is 46.1 cm³/mol. The largest absolute Gasteiger partial charge is 0.327 e. The summed E-state index contributed by atoms with van der Waals surface area (Å²) in [4.78, 5) is 0. The molecule has 1 unspecified atom stereocenters. The quantitative estimate of drug-likeness (QED) is 0.570. The molecule has 0 N–H and O–H groups in total. The minimum absolute atomic E-state index is 0.0575. The van der Waals surface area contributed by atoms with E-state index in [2.05, 4.69) is 18.8 Å². The van der Waals surface area contributed by atoms with Crippen molar-refractivity contribution in [1.29, 1.82) is 0 Å². The third kappa shape index (κ3) is 1.61. The van der Waals surface area contributed by atoms with Crippen LogP contribution in [0.4, 0.5) is 0 Å². The average Bonchev–Trinajstić information content (AvgIpc) is 2.50. The number of ether oxygens (including phenoxy) is 2. The molecule has 0 bridgehead atoms. The Balaban J connectivity index is 2.56. The molecule has 0 aromatic heterocycles. The van der Waals surface area contributed by atoms with Crippen LogP contribution in [0.15, 0.2) is 0 Å². The fourth-order valence-electron chi connectivity index (χ4n) is 1.17. The predicted octanol–water partition coefficient (Wildman–Crippen LogP) is 1.16. The molecule has 1 atom stereocenters. The van der Waals surface area contributed by atoms with Crippen LogP contribution in [0.25, 0.3) is 0 Å². The molecule has 64 valence electrons. The van der Waals surface area contributed by atoms with Crippen molar-refractivity contribution in [2.75, 3.05) is 6.61 Å². The van der Waals surface area contributed by atoms with Crippen LogP contribution in [0.3, 0.4) is 0 Å². The van der Waals surface area contributed by atoms with Crippen molar-refractivity contribution in [2.24, 2.45) is 0 Å². The monoisotopic (exact) mass is 164 g/mol. The molecule has 0 radical (unpaired) electrons. The molecule has 0 spiro atoms. The van der Waals surface area contributed by atoms with Gasteiger partial charge in [-0.3, -0.25) is 0 Å². The van der Waals surface area contributed by atoms with Gasteiger partial charge in [0.05, 0.1) is 12.7 Å². The maximum Gasteiger partial charge on any atom is 0.300 e. The summed E-state index contributed by atoms with van der Waals surface area (Å²) in [6.07, 6.45) is 12.4. The van der Waals surface area contributed by atoms with E-state index >= 15 is 0 Å². The van der Waals surface area contributed by atoms with Gasteiger partial charge in [-0.05, 0) is 18.3 Å². The zero-order valence-corrected chi connectivity index (χ0v) is 7.17. The third-order valence-corrected chi connectivity index (χ3v) is 1.80. The molecular weight excluding hydrogens is 152 g/mol. The summed E-state index contributed by atoms with van der Waals surface area (Å²) in [5.74, 6) is 3.48. The van der Waals surface area contributed by atoms with Crippen molar-refractivity contribution < 1.29 is 9.47 Å². The summed E-state index contributed by atoms with van der Waals surface area (Å²) in [6.45, 7) is 2.58. The number of terminal acetylenes is 2. The maximum absolute atomic E-state index is 5.39. The van der Waals surface area contributed by atoms with E-state index in [0.29, 0.717) is 6.61 Å². The molecule has 1 fully saturated rings. The Kier molecular flexibility index (Phi) is 2.76. The van der Waals surface area contributed by atoms with Gasteiger partial charge in [0, 0.05) is 0 Å². The Morgan fingerprint density at radius 1 is 1.50 bits per heavy atom. The van der Waals surface area contributed by atoms with Crippen LogP contribution in [0.5, 0.6) is 0 Å². The molecule has 0 amide bonds. The van der Waals surface area contributed by atoms with Gasteiger partial charge in [-0.1, -0.05) is 13.3 Å². The highest BCUT2D eigenvalue weighted by molar-refractivity contribution is 5.21. The molecule has 0 aromatic carbocycles. The van der Waals surface area contributed by atoms with Crippen molar-refractivity contribution in [3.05, 3.63) is 0 Å². The van der Waals surface area contributed by atoms with Crippen molar-refractivity contribution >= 4 is 0 Å². The summed E-state index contributed by atoms with van der Waals surface area (Å²) in [6, 6.07) is 0. The summed E-state index contributed by atoms with van der Waals surface area (Å²) in [5.41, 5.74) is 0. The van der Waals surface area contributed by atoms with Crippen LogP contribution in [0, 0.1) is 24.7 Å². The first kappa shape index (κ1) is 9.13. The van der Waals surface area contributed by atoms with E-state index in [0.717, 1.165) is 12.8 Å². The summed E-state index contributed by atoms with van der Waals surface area (Å²) >= 11 is 0. The Morgan fingerprint density at radius 3 is 2.58 bits per heavy atom. The van der Waals surface area contributed by atoms with Crippen molar-refractivity contribution in [3.63, 3.8) is 0 Å². The number of hydrogen-bond donors (Lipinski definition) is 0. The second-order valence-electron chi connectivity index (χ2n) is 2.74. The molecule has 2 heteroatoms. The van der Waals surface area contributed by atoms with E-state index in [1.165, 1.54) is 0 Å². The van der Waals surface area contributed by atoms with E-state index in [1.807, 2.05) is 0 Å². The number of hydrogen-bond acceptors (Lipinski definition) is 2. The third-order valence-electron chi connectivity index (χ3n) is 1.80. The second kappa shape index (κ2) is 3.63. The van der Waals surface area contributed by atoms with Crippen LogP contribution < -0.4 is 0 Å². The van der Waals surface area contributed by atoms with Crippen LogP contribution in [0.2, 0.25) is 0 Å². The zero-order chi connectivity index (χ0) is 9.03. The highest BCUT2D eigenvalue weighted by Crippen LogP contribution is 2.24. The highest BCUT2D eigenvalue weighted by atomic mass is 16.7. The van der Waals surface area contributed by atoms with Gasteiger partial charge in [-0.25, -0.2) is 0 Å². The van der Waals surface area contributed by atoms with Gasteiger partial charge in [0.15, 0.2) is 0 Å². The van der Waals surface area contributed by atoms with Crippen molar-refractivity contribution in [2.45, 2.75) is 31.7 Å². The maximum atomic E-state index is 5.39. The van der Waals surface area contributed by atoms with Crippen molar-refractivity contribution in [3.8, 4) is 24.7 Å². The van der Waals surface area contributed by atoms with E-state index in [9.17, 15) is 0 Å². The van der Waals surface area contributed by atoms with Gasteiger partial charge < -0.3 is 9.47 Å². The van der Waals surface area contributed by atoms with Crippen LogP contribution in [-0.2, 0) is 9.47 Å². The molecule has 1 aliphatic heterocycles. The molecule has 0 aliphatic carbocycles. The van der Waals surface area contributed by atoms with Gasteiger partial charge in [0.2, 0.25) is 0 Å². The fraction of sp³-hybridized carbons (Fsp3) is 0.600. The molecule has 1 heterocycles. The van der Waals surface area contributed by atoms with E-state index < -0.39 is 5.79 Å². The average molecular weight is 164 g/mol. The summed E-state index contributed by atoms with van der Waals surface area (Å²) in [5, 5.41) is 0. The number of rotatable bonds is 2. The van der Waals surface area contributed by atoms with Crippen molar-refractivity contribution in [1.82, 2.24) is 0 Å². The molecule has 2 nitrogen and oxygen atoms in total. The standard InChI is InChI=1S/C10H12O2/c1-4-7-9-8-11-10(5-2,6-3)12-9/h2-3,9H,4,7-8H2,1H3. The molecule has 1 aliphatic rings. The Morgan fingerprint density at radius 2 is 2.17 bits per heavy atom. The molecule has 0 saturated carbocycles. The van der Waals surface area contributed by atoms with Gasteiger partial charge >= 0.3 is 5.79 Å². The second-order valence-corrected chi connectivity index (χ2v) is 2.74. The van der Waals surface area contributed by atoms with E-state index in [-0.39, 0.29) is 6.10 Å².